The lowest BCUT2D eigenvalue weighted by Gasteiger charge is -2.21. The maximum atomic E-state index is 12.2. The van der Waals surface area contributed by atoms with Gasteiger partial charge >= 0.3 is 0 Å². The second kappa shape index (κ2) is 4.59. The Hall–Kier alpha value is -1.44. The first-order valence-corrected chi connectivity index (χ1v) is 7.10. The summed E-state index contributed by atoms with van der Waals surface area (Å²) in [5.74, 6) is -0.191. The standard InChI is InChI=1S/C12H16N4O2S/c1-8-9(16-4-5-19-11(16)15-8)10(17)14-7-12(18)2-3-13-6-12/h4-5,13,18H,2-3,6-7H2,1H3,(H,14,17). The average Bonchev–Trinajstić information content (AvgIpc) is 3.03. The van der Waals surface area contributed by atoms with E-state index < -0.39 is 5.60 Å². The van der Waals surface area contributed by atoms with Crippen molar-refractivity contribution in [1.29, 1.82) is 0 Å². The molecule has 1 atom stereocenters. The Morgan fingerprint density at radius 1 is 1.74 bits per heavy atom. The van der Waals surface area contributed by atoms with E-state index in [9.17, 15) is 9.90 Å². The van der Waals surface area contributed by atoms with Gasteiger partial charge in [-0.15, -0.1) is 11.3 Å². The minimum absolute atomic E-state index is 0.191. The van der Waals surface area contributed by atoms with Crippen LogP contribution in [0.4, 0.5) is 0 Å². The maximum Gasteiger partial charge on any atom is 0.270 e. The second-order valence-electron chi connectivity index (χ2n) is 4.94. The van der Waals surface area contributed by atoms with Crippen molar-refractivity contribution in [2.75, 3.05) is 19.6 Å². The van der Waals surface area contributed by atoms with Crippen molar-refractivity contribution in [1.82, 2.24) is 20.0 Å². The Kier molecular flexibility index (Phi) is 3.04. The van der Waals surface area contributed by atoms with E-state index >= 15 is 0 Å². The van der Waals surface area contributed by atoms with E-state index in [2.05, 4.69) is 15.6 Å². The molecular formula is C12H16N4O2S. The normalized spacial score (nSPS) is 23.1. The largest absolute Gasteiger partial charge is 0.387 e. The van der Waals surface area contributed by atoms with E-state index in [0.717, 1.165) is 11.5 Å². The number of imidazole rings is 1. The van der Waals surface area contributed by atoms with Crippen LogP contribution >= 0.6 is 11.3 Å². The van der Waals surface area contributed by atoms with Crippen molar-refractivity contribution in [2.45, 2.75) is 18.9 Å². The van der Waals surface area contributed by atoms with Crippen molar-refractivity contribution in [3.8, 4) is 0 Å². The van der Waals surface area contributed by atoms with Crippen molar-refractivity contribution >= 4 is 22.2 Å². The Bertz CT molecular complexity index is 612. The number of aryl methyl sites for hydroxylation is 1. The topological polar surface area (TPSA) is 78.7 Å². The molecule has 1 unspecified atom stereocenters. The van der Waals surface area contributed by atoms with E-state index in [0.29, 0.717) is 24.4 Å². The third-order valence-corrected chi connectivity index (χ3v) is 4.21. The third-order valence-electron chi connectivity index (χ3n) is 3.45. The van der Waals surface area contributed by atoms with Gasteiger partial charge in [0.1, 0.15) is 5.69 Å². The molecule has 3 heterocycles. The predicted octanol–water partition coefficient (Wildman–Crippen LogP) is 0.158. The number of hydrogen-bond acceptors (Lipinski definition) is 5. The van der Waals surface area contributed by atoms with Crippen molar-refractivity contribution < 1.29 is 9.90 Å². The fourth-order valence-corrected chi connectivity index (χ4v) is 3.14. The molecule has 102 valence electrons. The number of nitrogens with zero attached hydrogens (tertiary/aromatic N) is 2. The Morgan fingerprint density at radius 3 is 3.32 bits per heavy atom. The van der Waals surface area contributed by atoms with Crippen molar-refractivity contribution in [2.24, 2.45) is 0 Å². The van der Waals surface area contributed by atoms with Crippen LogP contribution in [0.2, 0.25) is 0 Å². The molecule has 19 heavy (non-hydrogen) atoms. The molecule has 1 saturated heterocycles. The Balaban J connectivity index is 1.76. The smallest absolute Gasteiger partial charge is 0.270 e. The number of nitrogens with one attached hydrogen (secondary N) is 2. The van der Waals surface area contributed by atoms with Gasteiger partial charge in [0.25, 0.3) is 5.91 Å². The van der Waals surface area contributed by atoms with Gasteiger partial charge in [0.05, 0.1) is 11.3 Å². The van der Waals surface area contributed by atoms with Crippen LogP contribution in [0.1, 0.15) is 22.6 Å². The Labute approximate surface area is 114 Å². The molecule has 0 spiro atoms. The molecule has 0 radical (unpaired) electrons. The second-order valence-corrected chi connectivity index (χ2v) is 5.81. The minimum atomic E-state index is -0.831. The summed E-state index contributed by atoms with van der Waals surface area (Å²) < 4.78 is 1.78. The molecule has 1 aliphatic rings. The lowest BCUT2D eigenvalue weighted by Crippen LogP contribution is -2.44. The van der Waals surface area contributed by atoms with Gasteiger partial charge in [-0.1, -0.05) is 0 Å². The number of amides is 1. The molecule has 0 aromatic carbocycles. The first-order chi connectivity index (χ1) is 9.09. The average molecular weight is 280 g/mol. The number of β-amino-alcohol motifs (C(OH)–C–C–N with tert-alkyl or cyclic N) is 1. The fraction of sp³-hybridized carbons (Fsp3) is 0.500. The molecule has 3 N–H and O–H groups in total. The number of rotatable bonds is 3. The minimum Gasteiger partial charge on any atom is -0.387 e. The van der Waals surface area contributed by atoms with Gasteiger partial charge in [-0.25, -0.2) is 4.98 Å². The van der Waals surface area contributed by atoms with Gasteiger partial charge in [-0.3, -0.25) is 9.20 Å². The van der Waals surface area contributed by atoms with E-state index in [1.165, 1.54) is 11.3 Å². The van der Waals surface area contributed by atoms with E-state index in [4.69, 9.17) is 0 Å². The fourth-order valence-electron chi connectivity index (χ4n) is 2.38. The van der Waals surface area contributed by atoms with E-state index in [1.807, 2.05) is 18.5 Å². The highest BCUT2D eigenvalue weighted by Crippen LogP contribution is 2.17. The Morgan fingerprint density at radius 2 is 2.58 bits per heavy atom. The van der Waals surface area contributed by atoms with Crippen LogP contribution in [-0.4, -0.2) is 45.6 Å². The number of fused-ring (bicyclic) bond motifs is 1. The lowest BCUT2D eigenvalue weighted by molar-refractivity contribution is 0.0560. The van der Waals surface area contributed by atoms with E-state index in [1.54, 1.807) is 4.40 Å². The van der Waals surface area contributed by atoms with Crippen molar-refractivity contribution in [3.05, 3.63) is 23.0 Å². The van der Waals surface area contributed by atoms with Gasteiger partial charge < -0.3 is 15.7 Å². The SMILES string of the molecule is Cc1nc2sccn2c1C(=O)NCC1(O)CCNC1. The first kappa shape index (κ1) is 12.6. The highest BCUT2D eigenvalue weighted by atomic mass is 32.1. The maximum absolute atomic E-state index is 12.2. The van der Waals surface area contributed by atoms with Gasteiger partial charge in [-0.05, 0) is 19.9 Å². The zero-order valence-corrected chi connectivity index (χ0v) is 11.5. The highest BCUT2D eigenvalue weighted by Gasteiger charge is 2.31. The molecule has 2 aromatic rings. The molecule has 1 fully saturated rings. The molecule has 7 heteroatoms. The molecule has 1 aliphatic heterocycles. The van der Waals surface area contributed by atoms with Crippen LogP contribution in [0.3, 0.4) is 0 Å². The van der Waals surface area contributed by atoms with E-state index in [-0.39, 0.29) is 12.5 Å². The van der Waals surface area contributed by atoms with Crippen molar-refractivity contribution in [3.63, 3.8) is 0 Å². The number of thiazole rings is 1. The van der Waals surface area contributed by atoms with Crippen LogP contribution in [0, 0.1) is 6.92 Å². The molecule has 3 rings (SSSR count). The van der Waals surface area contributed by atoms with Gasteiger partial charge in [-0.2, -0.15) is 0 Å². The lowest BCUT2D eigenvalue weighted by atomic mass is 10.0. The molecule has 0 aliphatic carbocycles. The van der Waals surface area contributed by atoms with Gasteiger partial charge in [0.2, 0.25) is 0 Å². The predicted molar refractivity (Wildman–Crippen MR) is 72.6 cm³/mol. The number of aliphatic hydroxyl groups is 1. The summed E-state index contributed by atoms with van der Waals surface area (Å²) in [6, 6.07) is 0. The molecule has 0 saturated carbocycles. The molecule has 6 nitrogen and oxygen atoms in total. The van der Waals surface area contributed by atoms with Gasteiger partial charge in [0.15, 0.2) is 4.96 Å². The molecular weight excluding hydrogens is 264 g/mol. The van der Waals surface area contributed by atoms with Crippen LogP contribution in [0.25, 0.3) is 4.96 Å². The molecule has 1 amide bonds. The summed E-state index contributed by atoms with van der Waals surface area (Å²) in [6.45, 7) is 3.38. The first-order valence-electron chi connectivity index (χ1n) is 6.22. The van der Waals surface area contributed by atoms with Crippen LogP contribution < -0.4 is 10.6 Å². The van der Waals surface area contributed by atoms with Gasteiger partial charge in [0, 0.05) is 24.7 Å². The summed E-state index contributed by atoms with van der Waals surface area (Å²) in [7, 11) is 0. The number of aromatic nitrogens is 2. The monoisotopic (exact) mass is 280 g/mol. The van der Waals surface area contributed by atoms with Crippen LogP contribution in [-0.2, 0) is 0 Å². The molecule has 0 bridgehead atoms. The zero-order valence-electron chi connectivity index (χ0n) is 10.6. The third kappa shape index (κ3) is 2.24. The highest BCUT2D eigenvalue weighted by molar-refractivity contribution is 7.15. The summed E-state index contributed by atoms with van der Waals surface area (Å²) in [5, 5.41) is 18.0. The molecule has 2 aromatic heterocycles. The number of carbonyl (C=O) groups is 1. The summed E-state index contributed by atoms with van der Waals surface area (Å²) in [5.41, 5.74) is 0.425. The zero-order chi connectivity index (χ0) is 13.5. The summed E-state index contributed by atoms with van der Waals surface area (Å²) in [4.78, 5) is 17.4. The van der Waals surface area contributed by atoms with Crippen LogP contribution in [0.15, 0.2) is 11.6 Å². The quantitative estimate of drug-likeness (QED) is 0.748. The summed E-state index contributed by atoms with van der Waals surface area (Å²) >= 11 is 1.49. The number of hydrogen-bond donors (Lipinski definition) is 3. The van der Waals surface area contributed by atoms with Crippen LogP contribution in [0.5, 0.6) is 0 Å². The number of carbonyl (C=O) groups excluding carboxylic acids is 1. The summed E-state index contributed by atoms with van der Waals surface area (Å²) in [6.07, 6.45) is 2.49.